The lowest BCUT2D eigenvalue weighted by Gasteiger charge is -2.19. The quantitative estimate of drug-likeness (QED) is 0.561. The van der Waals surface area contributed by atoms with E-state index in [4.69, 9.17) is 9.47 Å². The van der Waals surface area contributed by atoms with E-state index in [1.807, 2.05) is 42.5 Å². The number of ether oxygens (including phenoxy) is 2. The van der Waals surface area contributed by atoms with E-state index in [9.17, 15) is 5.11 Å². The molecule has 0 fully saturated rings. The van der Waals surface area contributed by atoms with Crippen molar-refractivity contribution in [3.8, 4) is 28.5 Å². The van der Waals surface area contributed by atoms with Gasteiger partial charge in [0.1, 0.15) is 5.75 Å². The van der Waals surface area contributed by atoms with Crippen molar-refractivity contribution in [3.63, 3.8) is 0 Å². The van der Waals surface area contributed by atoms with Crippen molar-refractivity contribution >= 4 is 17.0 Å². The number of rotatable bonds is 5. The average molecular weight is 362 g/mol. The maximum atomic E-state index is 10.8. The summed E-state index contributed by atoms with van der Waals surface area (Å²) in [4.78, 5) is 4.37. The van der Waals surface area contributed by atoms with Gasteiger partial charge < -0.3 is 19.9 Å². The molecule has 0 radical (unpaired) electrons. The van der Waals surface area contributed by atoms with Crippen molar-refractivity contribution in [1.29, 1.82) is 0 Å². The van der Waals surface area contributed by atoms with E-state index >= 15 is 0 Å². The number of para-hydroxylation sites is 1. The number of nitrogens with one attached hydrogen (secondary N) is 1. The van der Waals surface area contributed by atoms with Crippen molar-refractivity contribution in [2.75, 3.05) is 19.5 Å². The summed E-state index contributed by atoms with van der Waals surface area (Å²) in [6.07, 6.45) is 3.33. The van der Waals surface area contributed by atoms with Gasteiger partial charge in [-0.05, 0) is 24.3 Å². The normalized spacial score (nSPS) is 10.7. The fourth-order valence-corrected chi connectivity index (χ4v) is 3.03. The highest BCUT2D eigenvalue weighted by Crippen LogP contribution is 2.48. The molecular formula is C20H18N4O3. The third-order valence-corrected chi connectivity index (χ3v) is 4.23. The van der Waals surface area contributed by atoms with Crippen LogP contribution in [0.1, 0.15) is 0 Å². The Morgan fingerprint density at radius 3 is 2.59 bits per heavy atom. The highest BCUT2D eigenvalue weighted by Gasteiger charge is 2.23. The molecule has 4 aromatic rings. The number of benzene rings is 2. The van der Waals surface area contributed by atoms with E-state index in [2.05, 4.69) is 15.4 Å². The number of methoxy groups -OCH3 is 2. The van der Waals surface area contributed by atoms with Gasteiger partial charge in [0.2, 0.25) is 0 Å². The molecule has 7 nitrogen and oxygen atoms in total. The lowest BCUT2D eigenvalue weighted by Crippen LogP contribution is -2.02. The first-order valence-electron chi connectivity index (χ1n) is 8.32. The highest BCUT2D eigenvalue weighted by molar-refractivity contribution is 5.90. The van der Waals surface area contributed by atoms with Crippen LogP contribution in [-0.4, -0.2) is 33.9 Å². The van der Waals surface area contributed by atoms with Crippen molar-refractivity contribution < 1.29 is 14.6 Å². The number of hydrogen-bond acceptors (Lipinski definition) is 6. The van der Waals surface area contributed by atoms with Gasteiger partial charge in [-0.1, -0.05) is 18.2 Å². The number of aromatic nitrogens is 3. The van der Waals surface area contributed by atoms with Crippen molar-refractivity contribution in [2.24, 2.45) is 0 Å². The number of phenols is 1. The van der Waals surface area contributed by atoms with Crippen LogP contribution in [0.25, 0.3) is 16.9 Å². The van der Waals surface area contributed by atoms with Gasteiger partial charge >= 0.3 is 0 Å². The number of phenolic OH excluding ortho intramolecular Hbond substituents is 1. The number of imidazole rings is 1. The molecular weight excluding hydrogens is 344 g/mol. The molecule has 2 aromatic carbocycles. The van der Waals surface area contributed by atoms with E-state index in [-0.39, 0.29) is 5.75 Å². The first-order chi connectivity index (χ1) is 13.2. The number of aromatic hydroxyl groups is 1. The van der Waals surface area contributed by atoms with Crippen LogP contribution < -0.4 is 14.8 Å². The SMILES string of the molecule is COc1cc(O)c(-c2cnc3cccnn23)c(Nc2ccccc2)c1OC. The zero-order valence-electron chi connectivity index (χ0n) is 14.9. The second-order valence-electron chi connectivity index (χ2n) is 5.81. The van der Waals surface area contributed by atoms with Crippen LogP contribution in [-0.2, 0) is 0 Å². The maximum Gasteiger partial charge on any atom is 0.185 e. The van der Waals surface area contributed by atoms with Crippen LogP contribution in [0.3, 0.4) is 0 Å². The van der Waals surface area contributed by atoms with Gasteiger partial charge in [-0.25, -0.2) is 9.50 Å². The number of hydrogen-bond donors (Lipinski definition) is 2. The minimum absolute atomic E-state index is 0.0264. The lowest BCUT2D eigenvalue weighted by atomic mass is 10.1. The summed E-state index contributed by atoms with van der Waals surface area (Å²) >= 11 is 0. The van der Waals surface area contributed by atoms with Gasteiger partial charge in [-0.3, -0.25) is 0 Å². The third-order valence-electron chi connectivity index (χ3n) is 4.23. The average Bonchev–Trinajstić information content (AvgIpc) is 3.12. The Bertz CT molecular complexity index is 1090. The fraction of sp³-hybridized carbons (Fsp3) is 0.100. The molecule has 7 heteroatoms. The zero-order chi connectivity index (χ0) is 18.8. The highest BCUT2D eigenvalue weighted by atomic mass is 16.5. The molecule has 136 valence electrons. The third kappa shape index (κ3) is 2.89. The molecule has 0 saturated heterocycles. The summed E-state index contributed by atoms with van der Waals surface area (Å²) in [5, 5.41) is 18.5. The van der Waals surface area contributed by atoms with E-state index < -0.39 is 0 Å². The van der Waals surface area contributed by atoms with Crippen LogP contribution in [0.2, 0.25) is 0 Å². The second-order valence-corrected chi connectivity index (χ2v) is 5.81. The minimum atomic E-state index is 0.0264. The molecule has 0 aliphatic rings. The minimum Gasteiger partial charge on any atom is -0.507 e. The molecule has 0 bridgehead atoms. The molecule has 2 aromatic heterocycles. The Morgan fingerprint density at radius 1 is 1.04 bits per heavy atom. The molecule has 2 N–H and O–H groups in total. The first-order valence-corrected chi connectivity index (χ1v) is 8.32. The standard InChI is InChI=1S/C20H18N4O3/c1-26-16-11-15(25)18(14-12-21-17-9-6-10-22-24(14)17)19(20(16)27-2)23-13-7-4-3-5-8-13/h3-12,23,25H,1-2H3. The maximum absolute atomic E-state index is 10.8. The van der Waals surface area contributed by atoms with Gasteiger partial charge in [-0.15, -0.1) is 0 Å². The monoisotopic (exact) mass is 362 g/mol. The number of fused-ring (bicyclic) bond motifs is 1. The zero-order valence-corrected chi connectivity index (χ0v) is 14.9. The number of anilines is 2. The summed E-state index contributed by atoms with van der Waals surface area (Å²) in [7, 11) is 3.08. The fourth-order valence-electron chi connectivity index (χ4n) is 3.03. The second kappa shape index (κ2) is 6.87. The van der Waals surface area contributed by atoms with E-state index in [0.717, 1.165) is 5.69 Å². The topological polar surface area (TPSA) is 80.9 Å². The van der Waals surface area contributed by atoms with Gasteiger partial charge in [0.25, 0.3) is 0 Å². The van der Waals surface area contributed by atoms with Crippen LogP contribution in [0.5, 0.6) is 17.2 Å². The van der Waals surface area contributed by atoms with Crippen molar-refractivity contribution in [2.45, 2.75) is 0 Å². The van der Waals surface area contributed by atoms with Gasteiger partial charge in [0.15, 0.2) is 17.1 Å². The van der Waals surface area contributed by atoms with E-state index in [0.29, 0.717) is 34.1 Å². The Kier molecular flexibility index (Phi) is 4.25. The Hall–Kier alpha value is -3.74. The van der Waals surface area contributed by atoms with Crippen LogP contribution >= 0.6 is 0 Å². The van der Waals surface area contributed by atoms with Crippen molar-refractivity contribution in [1.82, 2.24) is 14.6 Å². The number of nitrogens with zero attached hydrogens (tertiary/aromatic N) is 3. The Morgan fingerprint density at radius 2 is 1.85 bits per heavy atom. The van der Waals surface area contributed by atoms with Crippen LogP contribution in [0.4, 0.5) is 11.4 Å². The van der Waals surface area contributed by atoms with Crippen LogP contribution in [0.15, 0.2) is 60.9 Å². The molecule has 27 heavy (non-hydrogen) atoms. The molecule has 4 rings (SSSR count). The molecule has 0 unspecified atom stereocenters. The van der Waals surface area contributed by atoms with Gasteiger partial charge in [0.05, 0.1) is 37.4 Å². The first kappa shape index (κ1) is 16.7. The Labute approximate surface area is 155 Å². The predicted octanol–water partition coefficient (Wildman–Crippen LogP) is 3.86. The van der Waals surface area contributed by atoms with E-state index in [1.54, 1.807) is 24.0 Å². The summed E-state index contributed by atoms with van der Waals surface area (Å²) in [5.74, 6) is 0.914. The predicted molar refractivity (Wildman–Crippen MR) is 103 cm³/mol. The summed E-state index contributed by atoms with van der Waals surface area (Å²) in [6, 6.07) is 14.8. The molecule has 0 aliphatic carbocycles. The smallest absolute Gasteiger partial charge is 0.185 e. The summed E-state index contributed by atoms with van der Waals surface area (Å²) < 4.78 is 12.7. The summed E-state index contributed by atoms with van der Waals surface area (Å²) in [6.45, 7) is 0. The molecule has 0 amide bonds. The van der Waals surface area contributed by atoms with Gasteiger partial charge in [0, 0.05) is 18.0 Å². The van der Waals surface area contributed by atoms with Gasteiger partial charge in [-0.2, -0.15) is 5.10 Å². The Balaban J connectivity index is 2.00. The summed E-state index contributed by atoms with van der Waals surface area (Å²) in [5.41, 5.74) is 3.22. The van der Waals surface area contributed by atoms with Crippen LogP contribution in [0, 0.1) is 0 Å². The lowest BCUT2D eigenvalue weighted by molar-refractivity contribution is 0.353. The van der Waals surface area contributed by atoms with Crippen molar-refractivity contribution in [3.05, 3.63) is 60.9 Å². The molecule has 0 spiro atoms. The molecule has 0 saturated carbocycles. The molecule has 0 aliphatic heterocycles. The largest absolute Gasteiger partial charge is 0.507 e. The molecule has 0 atom stereocenters. The molecule has 2 heterocycles. The van der Waals surface area contributed by atoms with E-state index in [1.165, 1.54) is 13.2 Å².